The number of alkyl halides is 3. The van der Waals surface area contributed by atoms with E-state index in [0.29, 0.717) is 15.9 Å². The summed E-state index contributed by atoms with van der Waals surface area (Å²) < 4.78 is 69.5. The predicted octanol–water partition coefficient (Wildman–Crippen LogP) is 6.38. The van der Waals surface area contributed by atoms with Crippen LogP contribution >= 0.6 is 0 Å². The number of anilines is 1. The molecule has 11 heteroatoms. The van der Waals surface area contributed by atoms with Crippen molar-refractivity contribution in [2.45, 2.75) is 82.6 Å². The van der Waals surface area contributed by atoms with E-state index in [1.807, 2.05) is 31.2 Å². The first-order valence-electron chi connectivity index (χ1n) is 14.7. The van der Waals surface area contributed by atoms with Crippen LogP contribution in [0.5, 0.6) is 0 Å². The lowest BCUT2D eigenvalue weighted by atomic mass is 9.95. The van der Waals surface area contributed by atoms with Crippen LogP contribution in [-0.4, -0.2) is 43.8 Å². The average Bonchev–Trinajstić information content (AvgIpc) is 2.99. The third-order valence-corrected chi connectivity index (χ3v) is 9.73. The second-order valence-corrected chi connectivity index (χ2v) is 13.3. The molecular formula is C33H38F3N3O4S. The molecule has 1 N–H and O–H groups in total. The van der Waals surface area contributed by atoms with Gasteiger partial charge in [-0.25, -0.2) is 8.42 Å². The van der Waals surface area contributed by atoms with Gasteiger partial charge in [-0.2, -0.15) is 13.2 Å². The van der Waals surface area contributed by atoms with Crippen LogP contribution in [0.25, 0.3) is 0 Å². The standard InChI is InChI=1S/C33H38F3N3O4S/c1-23-12-16-26(17-13-23)21-38(25(3)32(41)37-28-9-5-4-6-10-28)31(40)22-39(29-11-7-8-27(20-29)33(34,35)36)44(42,43)30-18-14-24(2)15-19-30/h7-8,11-20,25,28H,4-6,9-10,21-22H2,1-3H3,(H,37,41)/t25-/m0/s1. The molecule has 2 amide bonds. The zero-order valence-corrected chi connectivity index (χ0v) is 25.9. The van der Waals surface area contributed by atoms with Crippen molar-refractivity contribution in [3.8, 4) is 0 Å². The minimum atomic E-state index is -4.73. The van der Waals surface area contributed by atoms with Crippen LogP contribution in [0, 0.1) is 13.8 Å². The molecule has 0 spiro atoms. The van der Waals surface area contributed by atoms with E-state index in [9.17, 15) is 31.2 Å². The summed E-state index contributed by atoms with van der Waals surface area (Å²) in [5.41, 5.74) is 1.13. The summed E-state index contributed by atoms with van der Waals surface area (Å²) in [7, 11) is -4.49. The molecule has 3 aromatic rings. The molecule has 0 heterocycles. The Morgan fingerprint density at radius 2 is 1.50 bits per heavy atom. The summed E-state index contributed by atoms with van der Waals surface area (Å²) in [5.74, 6) is -1.10. The lowest BCUT2D eigenvalue weighted by Crippen LogP contribution is -2.53. The van der Waals surface area contributed by atoms with E-state index < -0.39 is 40.3 Å². The SMILES string of the molecule is Cc1ccc(CN(C(=O)CN(c2cccc(C(F)(F)F)c2)S(=O)(=O)c2ccc(C)cc2)[C@@H](C)C(=O)NC2CCCCC2)cc1. The lowest BCUT2D eigenvalue weighted by molar-refractivity contribution is -0.139. The summed E-state index contributed by atoms with van der Waals surface area (Å²) in [6, 6.07) is 16.1. The van der Waals surface area contributed by atoms with E-state index in [2.05, 4.69) is 5.32 Å². The molecule has 3 aromatic carbocycles. The molecule has 236 valence electrons. The van der Waals surface area contributed by atoms with Crippen molar-refractivity contribution in [3.05, 3.63) is 95.1 Å². The molecule has 4 rings (SSSR count). The van der Waals surface area contributed by atoms with E-state index in [4.69, 9.17) is 0 Å². The van der Waals surface area contributed by atoms with Crippen molar-refractivity contribution >= 4 is 27.5 Å². The second kappa shape index (κ2) is 13.8. The van der Waals surface area contributed by atoms with E-state index in [1.165, 1.54) is 23.1 Å². The van der Waals surface area contributed by atoms with Gasteiger partial charge in [-0.05, 0) is 69.5 Å². The number of aryl methyl sites for hydroxylation is 2. The predicted molar refractivity (Wildman–Crippen MR) is 163 cm³/mol. The fourth-order valence-corrected chi connectivity index (χ4v) is 6.65. The normalized spacial score (nSPS) is 15.0. The van der Waals surface area contributed by atoms with Crippen LogP contribution in [0.4, 0.5) is 18.9 Å². The third-order valence-electron chi connectivity index (χ3n) is 7.94. The van der Waals surface area contributed by atoms with Crippen LogP contribution in [0.2, 0.25) is 0 Å². The highest BCUT2D eigenvalue weighted by atomic mass is 32.2. The number of nitrogens with zero attached hydrogens (tertiary/aromatic N) is 2. The maximum absolute atomic E-state index is 14.1. The molecule has 0 bridgehead atoms. The summed E-state index contributed by atoms with van der Waals surface area (Å²) >= 11 is 0. The minimum Gasteiger partial charge on any atom is -0.352 e. The van der Waals surface area contributed by atoms with Crippen molar-refractivity contribution < 1.29 is 31.2 Å². The number of hydrogen-bond acceptors (Lipinski definition) is 4. The molecule has 1 aliphatic carbocycles. The molecule has 1 atom stereocenters. The molecule has 7 nitrogen and oxygen atoms in total. The van der Waals surface area contributed by atoms with Gasteiger partial charge < -0.3 is 10.2 Å². The van der Waals surface area contributed by atoms with Crippen LogP contribution in [-0.2, 0) is 32.3 Å². The summed E-state index contributed by atoms with van der Waals surface area (Å²) in [6.45, 7) is 4.44. The van der Waals surface area contributed by atoms with Crippen LogP contribution < -0.4 is 9.62 Å². The Morgan fingerprint density at radius 1 is 0.909 bits per heavy atom. The van der Waals surface area contributed by atoms with Crippen molar-refractivity contribution in [2.75, 3.05) is 10.8 Å². The number of rotatable bonds is 10. The Labute approximate surface area is 257 Å². The smallest absolute Gasteiger partial charge is 0.352 e. The number of nitrogens with one attached hydrogen (secondary N) is 1. The summed E-state index contributed by atoms with van der Waals surface area (Å²) in [5, 5.41) is 3.03. The Hall–Kier alpha value is -3.86. The number of sulfonamides is 1. The van der Waals surface area contributed by atoms with Crippen molar-refractivity contribution in [3.63, 3.8) is 0 Å². The number of carbonyl (C=O) groups excluding carboxylic acids is 2. The van der Waals surface area contributed by atoms with Crippen molar-refractivity contribution in [1.29, 1.82) is 0 Å². The number of hydrogen-bond donors (Lipinski definition) is 1. The number of benzene rings is 3. The maximum atomic E-state index is 14.1. The van der Waals surface area contributed by atoms with Gasteiger partial charge in [0, 0.05) is 12.6 Å². The van der Waals surface area contributed by atoms with Gasteiger partial charge >= 0.3 is 6.18 Å². The first kappa shape index (κ1) is 33.0. The zero-order chi connectivity index (χ0) is 32.1. The third kappa shape index (κ3) is 8.19. The second-order valence-electron chi connectivity index (χ2n) is 11.4. The highest BCUT2D eigenvalue weighted by molar-refractivity contribution is 7.92. The van der Waals surface area contributed by atoms with E-state index in [0.717, 1.165) is 55.4 Å². The Bertz CT molecular complexity index is 1550. The Balaban J connectivity index is 1.72. The van der Waals surface area contributed by atoms with Gasteiger partial charge in [-0.15, -0.1) is 0 Å². The van der Waals surface area contributed by atoms with Gasteiger partial charge in [0.05, 0.1) is 16.1 Å². The molecule has 0 unspecified atom stereocenters. The highest BCUT2D eigenvalue weighted by Crippen LogP contribution is 2.33. The van der Waals surface area contributed by atoms with Gasteiger partial charge in [0.15, 0.2) is 0 Å². The molecule has 1 aliphatic rings. The van der Waals surface area contributed by atoms with E-state index in [-0.39, 0.29) is 29.1 Å². The maximum Gasteiger partial charge on any atom is 0.416 e. The first-order valence-corrected chi connectivity index (χ1v) is 16.1. The molecule has 0 aromatic heterocycles. The zero-order valence-electron chi connectivity index (χ0n) is 25.1. The Morgan fingerprint density at radius 3 is 2.09 bits per heavy atom. The average molecular weight is 630 g/mol. The van der Waals surface area contributed by atoms with Gasteiger partial charge in [0.1, 0.15) is 12.6 Å². The Kier molecular flexibility index (Phi) is 10.4. The molecule has 44 heavy (non-hydrogen) atoms. The van der Waals surface area contributed by atoms with Crippen molar-refractivity contribution in [2.24, 2.45) is 0 Å². The molecule has 0 aliphatic heterocycles. The van der Waals surface area contributed by atoms with Gasteiger partial charge in [0.25, 0.3) is 10.0 Å². The molecule has 0 saturated heterocycles. The quantitative estimate of drug-likeness (QED) is 0.282. The minimum absolute atomic E-state index is 0.000618. The number of halogens is 3. The molecule has 0 radical (unpaired) electrons. The number of amides is 2. The summed E-state index contributed by atoms with van der Waals surface area (Å²) in [6.07, 6.45) is 0.0244. The van der Waals surface area contributed by atoms with Gasteiger partial charge in [-0.1, -0.05) is 72.9 Å². The highest BCUT2D eigenvalue weighted by Gasteiger charge is 2.35. The monoisotopic (exact) mass is 629 g/mol. The topological polar surface area (TPSA) is 86.8 Å². The number of carbonyl (C=O) groups is 2. The van der Waals surface area contributed by atoms with Crippen LogP contribution in [0.1, 0.15) is 61.3 Å². The summed E-state index contributed by atoms with van der Waals surface area (Å²) in [4.78, 5) is 28.6. The molecule has 1 saturated carbocycles. The van der Waals surface area contributed by atoms with Gasteiger partial charge in [-0.3, -0.25) is 13.9 Å². The van der Waals surface area contributed by atoms with E-state index in [1.54, 1.807) is 26.0 Å². The van der Waals surface area contributed by atoms with Gasteiger partial charge in [0.2, 0.25) is 11.8 Å². The molecular weight excluding hydrogens is 591 g/mol. The lowest BCUT2D eigenvalue weighted by Gasteiger charge is -2.33. The largest absolute Gasteiger partial charge is 0.416 e. The fraction of sp³-hybridized carbons (Fsp3) is 0.394. The van der Waals surface area contributed by atoms with Crippen LogP contribution in [0.3, 0.4) is 0 Å². The molecule has 1 fully saturated rings. The fourth-order valence-electron chi connectivity index (χ4n) is 5.25. The van der Waals surface area contributed by atoms with Crippen LogP contribution in [0.15, 0.2) is 77.7 Å². The first-order chi connectivity index (χ1) is 20.8. The van der Waals surface area contributed by atoms with E-state index >= 15 is 0 Å². The van der Waals surface area contributed by atoms with Crippen molar-refractivity contribution in [1.82, 2.24) is 10.2 Å².